The summed E-state index contributed by atoms with van der Waals surface area (Å²) in [5, 5.41) is 22.2. The Morgan fingerprint density at radius 1 is 1.03 bits per heavy atom. The number of fused-ring (bicyclic) bond motifs is 1. The Labute approximate surface area is 177 Å². The molecule has 0 amide bonds. The number of ether oxygens (including phenoxy) is 2. The third-order valence-corrected chi connectivity index (χ3v) is 5.45. The first-order valence-electron chi connectivity index (χ1n) is 9.30. The van der Waals surface area contributed by atoms with Crippen molar-refractivity contribution >= 4 is 34.3 Å². The van der Waals surface area contributed by atoms with Gasteiger partial charge in [0.1, 0.15) is 10.6 Å². The second-order valence-corrected chi connectivity index (χ2v) is 7.85. The molecule has 2 aromatic carbocycles. The highest BCUT2D eigenvalue weighted by atomic mass is 35.5. The number of hydrogen-bond acceptors (Lipinski definition) is 6. The summed E-state index contributed by atoms with van der Waals surface area (Å²) >= 11 is 6.98. The van der Waals surface area contributed by atoms with E-state index in [4.69, 9.17) is 21.1 Å². The van der Waals surface area contributed by atoms with Gasteiger partial charge in [-0.05, 0) is 43.2 Å². The Morgan fingerprint density at radius 3 is 2.48 bits per heavy atom. The van der Waals surface area contributed by atoms with Gasteiger partial charge in [0, 0.05) is 10.4 Å². The molecule has 0 aliphatic heterocycles. The number of benzene rings is 2. The van der Waals surface area contributed by atoms with Crippen LogP contribution >= 0.6 is 23.4 Å². The number of halogens is 1. The molecule has 8 heteroatoms. The number of phenolic OH excluding ortho intramolecular Hbond substituents is 1. The molecule has 3 rings (SSSR count). The predicted molar refractivity (Wildman–Crippen MR) is 115 cm³/mol. The predicted octanol–water partition coefficient (Wildman–Crippen LogP) is 5.32. The number of hydrogen-bond donors (Lipinski definition) is 3. The lowest BCUT2D eigenvalue weighted by atomic mass is 10.2. The third-order valence-electron chi connectivity index (χ3n) is 4.09. The summed E-state index contributed by atoms with van der Waals surface area (Å²) in [7, 11) is 0. The van der Waals surface area contributed by atoms with Crippen molar-refractivity contribution in [3.8, 4) is 23.0 Å². The van der Waals surface area contributed by atoms with Gasteiger partial charge in [-0.2, -0.15) is 0 Å². The van der Waals surface area contributed by atoms with Gasteiger partial charge in [-0.3, -0.25) is 4.79 Å². The number of aromatic amines is 1. The average Bonchev–Trinajstić information content (AvgIpc) is 2.69. The normalized spacial score (nSPS) is 11.0. The van der Waals surface area contributed by atoms with Gasteiger partial charge in [-0.25, -0.2) is 0 Å². The van der Waals surface area contributed by atoms with Gasteiger partial charge in [0.05, 0.1) is 23.6 Å². The van der Waals surface area contributed by atoms with Crippen molar-refractivity contribution in [1.29, 1.82) is 0 Å². The zero-order valence-corrected chi connectivity index (χ0v) is 17.7. The topological polar surface area (TPSA) is 91.8 Å². The van der Waals surface area contributed by atoms with E-state index in [1.54, 1.807) is 30.3 Å². The van der Waals surface area contributed by atoms with Crippen LogP contribution in [-0.4, -0.2) is 28.4 Å². The van der Waals surface area contributed by atoms with Crippen LogP contribution in [0.25, 0.3) is 10.9 Å². The fraction of sp³-hybridized carbons (Fsp3) is 0.286. The lowest BCUT2D eigenvalue weighted by molar-refractivity contribution is 0.268. The molecule has 3 N–H and O–H groups in total. The van der Waals surface area contributed by atoms with E-state index in [1.807, 2.05) is 13.8 Å². The monoisotopic (exact) mass is 435 g/mol. The SMILES string of the molecule is CCCOc1ccc(Sc2c(O)c3ccc(Cl)cc3[nH]c2=O)c(OCCC)c1O. The van der Waals surface area contributed by atoms with Crippen LogP contribution < -0.4 is 15.0 Å². The van der Waals surface area contributed by atoms with Crippen LogP contribution in [-0.2, 0) is 0 Å². The van der Waals surface area contributed by atoms with Gasteiger partial charge >= 0.3 is 0 Å². The van der Waals surface area contributed by atoms with Crippen molar-refractivity contribution in [3.05, 3.63) is 45.7 Å². The maximum Gasteiger partial charge on any atom is 0.266 e. The van der Waals surface area contributed by atoms with Crippen molar-refractivity contribution in [2.75, 3.05) is 13.2 Å². The highest BCUT2D eigenvalue weighted by molar-refractivity contribution is 7.99. The third kappa shape index (κ3) is 4.57. The fourth-order valence-electron chi connectivity index (χ4n) is 2.73. The molecule has 1 aromatic heterocycles. The number of nitrogens with one attached hydrogen (secondary N) is 1. The minimum absolute atomic E-state index is 0.0998. The fourth-order valence-corrected chi connectivity index (χ4v) is 3.85. The van der Waals surface area contributed by atoms with Crippen LogP contribution in [0.1, 0.15) is 26.7 Å². The van der Waals surface area contributed by atoms with Crippen LogP contribution in [0.3, 0.4) is 0 Å². The summed E-state index contributed by atoms with van der Waals surface area (Å²) in [6.07, 6.45) is 1.54. The molecule has 0 saturated heterocycles. The summed E-state index contributed by atoms with van der Waals surface area (Å²) in [6.45, 7) is 4.77. The smallest absolute Gasteiger partial charge is 0.266 e. The van der Waals surface area contributed by atoms with Crippen molar-refractivity contribution in [2.24, 2.45) is 0 Å². The largest absolute Gasteiger partial charge is 0.506 e. The number of H-pyrrole nitrogens is 1. The first-order chi connectivity index (χ1) is 14.0. The molecule has 0 aliphatic carbocycles. The van der Waals surface area contributed by atoms with Crippen LogP contribution in [0.15, 0.2) is 44.9 Å². The summed E-state index contributed by atoms with van der Waals surface area (Å²) in [5.74, 6) is 0.257. The molecule has 0 unspecified atom stereocenters. The standard InChI is InChI=1S/C21H22ClNO5S/c1-3-9-27-15-7-8-16(19(18(15)25)28-10-4-2)29-20-17(24)13-6-5-12(22)11-14(13)23-21(20)26/h5-8,11,25H,3-4,9-10H2,1-2H3,(H2,23,24,26). The van der Waals surface area contributed by atoms with Crippen LogP contribution in [0.2, 0.25) is 5.02 Å². The van der Waals surface area contributed by atoms with E-state index in [0.29, 0.717) is 39.8 Å². The quantitative estimate of drug-likeness (QED) is 0.443. The Morgan fingerprint density at radius 2 is 1.76 bits per heavy atom. The van der Waals surface area contributed by atoms with E-state index in [9.17, 15) is 15.0 Å². The number of aromatic hydroxyl groups is 2. The summed E-state index contributed by atoms with van der Waals surface area (Å²) in [5.41, 5.74) is -0.0209. The first kappa shape index (κ1) is 21.2. The molecule has 1 heterocycles. The van der Waals surface area contributed by atoms with Crippen LogP contribution in [0.5, 0.6) is 23.0 Å². The first-order valence-corrected chi connectivity index (χ1v) is 10.5. The number of aromatic nitrogens is 1. The van der Waals surface area contributed by atoms with Crippen molar-refractivity contribution in [2.45, 2.75) is 36.5 Å². The van der Waals surface area contributed by atoms with Gasteiger partial charge in [-0.15, -0.1) is 0 Å². The summed E-state index contributed by atoms with van der Waals surface area (Å²) in [6, 6.07) is 8.18. The Bertz CT molecular complexity index is 1080. The number of pyridine rings is 1. The molecule has 0 aliphatic rings. The molecular formula is C21H22ClNO5S. The molecule has 0 bridgehead atoms. The van der Waals surface area contributed by atoms with Crippen molar-refractivity contribution in [3.63, 3.8) is 0 Å². The van der Waals surface area contributed by atoms with E-state index in [2.05, 4.69) is 4.98 Å². The van der Waals surface area contributed by atoms with Gasteiger partial charge in [-0.1, -0.05) is 37.2 Å². The highest BCUT2D eigenvalue weighted by Gasteiger charge is 2.20. The van der Waals surface area contributed by atoms with E-state index >= 15 is 0 Å². The molecule has 0 atom stereocenters. The minimum atomic E-state index is -0.463. The van der Waals surface area contributed by atoms with Gasteiger partial charge in [0.2, 0.25) is 5.75 Å². The molecule has 0 saturated carbocycles. The summed E-state index contributed by atoms with van der Waals surface area (Å²) < 4.78 is 11.3. The molecule has 154 valence electrons. The molecular weight excluding hydrogens is 414 g/mol. The van der Waals surface area contributed by atoms with Crippen LogP contribution in [0, 0.1) is 0 Å². The maximum absolute atomic E-state index is 12.6. The van der Waals surface area contributed by atoms with E-state index in [-0.39, 0.29) is 22.1 Å². The lowest BCUT2D eigenvalue weighted by Crippen LogP contribution is -2.09. The van der Waals surface area contributed by atoms with Gasteiger partial charge in [0.15, 0.2) is 11.5 Å². The Kier molecular flexibility index (Phi) is 6.82. The highest BCUT2D eigenvalue weighted by Crippen LogP contribution is 2.47. The van der Waals surface area contributed by atoms with Gasteiger partial charge in [0.25, 0.3) is 5.56 Å². The minimum Gasteiger partial charge on any atom is -0.506 e. The lowest BCUT2D eigenvalue weighted by Gasteiger charge is -2.16. The Balaban J connectivity index is 2.06. The molecule has 29 heavy (non-hydrogen) atoms. The number of phenols is 1. The van der Waals surface area contributed by atoms with Crippen molar-refractivity contribution in [1.82, 2.24) is 4.98 Å². The van der Waals surface area contributed by atoms with Gasteiger partial charge < -0.3 is 24.7 Å². The van der Waals surface area contributed by atoms with E-state index in [1.165, 1.54) is 0 Å². The van der Waals surface area contributed by atoms with E-state index in [0.717, 1.165) is 24.6 Å². The second kappa shape index (κ2) is 9.33. The average molecular weight is 436 g/mol. The maximum atomic E-state index is 12.6. The van der Waals surface area contributed by atoms with Crippen molar-refractivity contribution < 1.29 is 19.7 Å². The molecule has 0 fully saturated rings. The second-order valence-electron chi connectivity index (χ2n) is 6.36. The van der Waals surface area contributed by atoms with Crippen LogP contribution in [0.4, 0.5) is 0 Å². The van der Waals surface area contributed by atoms with E-state index < -0.39 is 5.56 Å². The molecule has 0 spiro atoms. The zero-order valence-electron chi connectivity index (χ0n) is 16.1. The molecule has 6 nitrogen and oxygen atoms in total. The number of rotatable bonds is 8. The molecule has 3 aromatic rings. The molecule has 0 radical (unpaired) electrons. The summed E-state index contributed by atoms with van der Waals surface area (Å²) in [4.78, 5) is 15.9. The Hall–Kier alpha value is -2.51. The zero-order chi connectivity index (χ0) is 21.0.